The zero-order valence-electron chi connectivity index (χ0n) is 21.3. The third kappa shape index (κ3) is 5.77. The van der Waals surface area contributed by atoms with Crippen molar-refractivity contribution in [3.63, 3.8) is 0 Å². The molecule has 0 aliphatic carbocycles. The van der Waals surface area contributed by atoms with E-state index in [1.54, 1.807) is 12.1 Å². The summed E-state index contributed by atoms with van der Waals surface area (Å²) in [7, 11) is 1.96. The number of hydrogen-bond donors (Lipinski definition) is 1. The number of anilines is 1. The first kappa shape index (κ1) is 25.8. The summed E-state index contributed by atoms with van der Waals surface area (Å²) in [6.07, 6.45) is 0.900. The van der Waals surface area contributed by atoms with Crippen LogP contribution >= 0.6 is 0 Å². The Morgan fingerprint density at radius 1 is 1.03 bits per heavy atom. The molecule has 190 valence electrons. The average Bonchev–Trinajstić information content (AvgIpc) is 3.26. The average molecular weight is 499 g/mol. The van der Waals surface area contributed by atoms with Crippen LogP contribution in [0.2, 0.25) is 0 Å². The number of amides is 1. The second-order valence-corrected chi connectivity index (χ2v) is 9.01. The number of nitrogens with zero attached hydrogens (tertiary/aromatic N) is 3. The molecule has 1 heterocycles. The maximum atomic E-state index is 13.9. The zero-order chi connectivity index (χ0) is 26.4. The van der Waals surface area contributed by atoms with Gasteiger partial charge in [-0.2, -0.15) is 5.10 Å². The Balaban J connectivity index is 1.83. The van der Waals surface area contributed by atoms with Crippen molar-refractivity contribution in [2.45, 2.75) is 32.2 Å². The smallest absolute Gasteiger partial charge is 0.225 e. The van der Waals surface area contributed by atoms with Gasteiger partial charge in [0.1, 0.15) is 17.9 Å². The Kier molecular flexibility index (Phi) is 8.13. The molecule has 1 amide bonds. The van der Waals surface area contributed by atoms with Crippen molar-refractivity contribution in [2.24, 2.45) is 0 Å². The fourth-order valence-corrected chi connectivity index (χ4v) is 4.60. The van der Waals surface area contributed by atoms with Crippen LogP contribution in [0.3, 0.4) is 0 Å². The first-order valence-electron chi connectivity index (χ1n) is 12.3. The third-order valence-electron chi connectivity index (χ3n) is 6.50. The van der Waals surface area contributed by atoms with E-state index in [4.69, 9.17) is 5.10 Å². The van der Waals surface area contributed by atoms with E-state index >= 15 is 0 Å². The van der Waals surface area contributed by atoms with Crippen LogP contribution in [0.5, 0.6) is 0 Å². The molecule has 0 bridgehead atoms. The largest absolute Gasteiger partial charge is 0.360 e. The molecule has 7 heteroatoms. The van der Waals surface area contributed by atoms with Gasteiger partial charge in [-0.1, -0.05) is 60.7 Å². The quantitative estimate of drug-likeness (QED) is 0.318. The SMILES string of the molecule is CCN(C)c1c(C(c2ccc(F)cc2)C(C=O)NC(=O)Cc2ccccc2)c(C)nn1-c1ccccc1. The predicted molar refractivity (Wildman–Crippen MR) is 144 cm³/mol. The fraction of sp³-hybridized carbons (Fsp3) is 0.233. The van der Waals surface area contributed by atoms with Gasteiger partial charge < -0.3 is 15.0 Å². The first-order valence-corrected chi connectivity index (χ1v) is 12.3. The zero-order valence-corrected chi connectivity index (χ0v) is 21.3. The molecule has 0 radical (unpaired) electrons. The van der Waals surface area contributed by atoms with Gasteiger partial charge in [0.2, 0.25) is 5.91 Å². The van der Waals surface area contributed by atoms with Gasteiger partial charge >= 0.3 is 0 Å². The molecule has 6 nitrogen and oxygen atoms in total. The van der Waals surface area contributed by atoms with E-state index in [0.29, 0.717) is 12.1 Å². The van der Waals surface area contributed by atoms with E-state index in [9.17, 15) is 14.0 Å². The Bertz CT molecular complexity index is 1340. The van der Waals surface area contributed by atoms with Crippen LogP contribution in [-0.2, 0) is 16.0 Å². The van der Waals surface area contributed by atoms with Gasteiger partial charge in [-0.05, 0) is 49.2 Å². The van der Waals surface area contributed by atoms with E-state index in [1.165, 1.54) is 12.1 Å². The lowest BCUT2D eigenvalue weighted by Gasteiger charge is -2.28. The van der Waals surface area contributed by atoms with Crippen LogP contribution in [0, 0.1) is 12.7 Å². The molecule has 1 N–H and O–H groups in total. The van der Waals surface area contributed by atoms with Crippen molar-refractivity contribution in [3.8, 4) is 5.69 Å². The molecular formula is C30H31FN4O2. The molecule has 0 fully saturated rings. The highest BCUT2D eigenvalue weighted by atomic mass is 19.1. The standard InChI is InChI=1S/C30H31FN4O2/c1-4-34(3)30-28(21(2)33-35(30)25-13-9-6-10-14-25)29(23-15-17-24(31)18-16-23)26(20-36)32-27(37)19-22-11-7-5-8-12-22/h5-18,20,26,29H,4,19H2,1-3H3,(H,32,37). The molecular weight excluding hydrogens is 467 g/mol. The second kappa shape index (κ2) is 11.6. The molecule has 0 saturated heterocycles. The van der Waals surface area contributed by atoms with E-state index in [1.807, 2.05) is 86.2 Å². The minimum absolute atomic E-state index is 0.144. The molecule has 1 aromatic heterocycles. The highest BCUT2D eigenvalue weighted by molar-refractivity contribution is 5.82. The third-order valence-corrected chi connectivity index (χ3v) is 6.50. The number of nitrogens with one attached hydrogen (secondary N) is 1. The molecule has 0 saturated carbocycles. The molecule has 3 aromatic carbocycles. The Hall–Kier alpha value is -4.26. The molecule has 0 spiro atoms. The van der Waals surface area contributed by atoms with Crippen molar-refractivity contribution in [3.05, 3.63) is 113 Å². The molecule has 0 aliphatic rings. The van der Waals surface area contributed by atoms with Crippen molar-refractivity contribution in [2.75, 3.05) is 18.5 Å². The van der Waals surface area contributed by atoms with E-state index in [0.717, 1.165) is 34.6 Å². The summed E-state index contributed by atoms with van der Waals surface area (Å²) >= 11 is 0. The van der Waals surface area contributed by atoms with E-state index < -0.39 is 12.0 Å². The van der Waals surface area contributed by atoms with Gasteiger partial charge in [0, 0.05) is 25.1 Å². The summed E-state index contributed by atoms with van der Waals surface area (Å²) in [6.45, 7) is 4.62. The van der Waals surface area contributed by atoms with Crippen LogP contribution in [0.1, 0.15) is 35.2 Å². The summed E-state index contributed by atoms with van der Waals surface area (Å²) in [5.74, 6) is -0.418. The molecule has 4 aromatic rings. The van der Waals surface area contributed by atoms with Gasteiger partial charge in [0.25, 0.3) is 0 Å². The number of aldehydes is 1. The number of rotatable bonds is 10. The Labute approximate surface area is 216 Å². The number of halogens is 1. The topological polar surface area (TPSA) is 67.2 Å². The lowest BCUT2D eigenvalue weighted by Crippen LogP contribution is -2.42. The number of carbonyl (C=O) groups excluding carboxylic acids is 2. The predicted octanol–water partition coefficient (Wildman–Crippen LogP) is 4.83. The Morgan fingerprint density at radius 2 is 1.65 bits per heavy atom. The van der Waals surface area contributed by atoms with E-state index in [2.05, 4.69) is 10.2 Å². The normalized spacial score (nSPS) is 12.5. The fourth-order valence-electron chi connectivity index (χ4n) is 4.60. The minimum Gasteiger partial charge on any atom is -0.360 e. The second-order valence-electron chi connectivity index (χ2n) is 9.01. The van der Waals surface area contributed by atoms with Crippen LogP contribution in [0.4, 0.5) is 10.2 Å². The van der Waals surface area contributed by atoms with Gasteiger partial charge in [0.05, 0.1) is 23.8 Å². The van der Waals surface area contributed by atoms with Crippen LogP contribution < -0.4 is 10.2 Å². The van der Waals surface area contributed by atoms with Crippen LogP contribution in [-0.4, -0.2) is 41.6 Å². The van der Waals surface area contributed by atoms with Gasteiger partial charge in [0.15, 0.2) is 0 Å². The summed E-state index contributed by atoms with van der Waals surface area (Å²) in [5.41, 5.74) is 3.96. The number of aromatic nitrogens is 2. The Morgan fingerprint density at radius 3 is 2.24 bits per heavy atom. The number of para-hydroxylation sites is 1. The summed E-state index contributed by atoms with van der Waals surface area (Å²) in [5, 5.41) is 7.78. The number of aryl methyl sites for hydroxylation is 1. The molecule has 2 unspecified atom stereocenters. The molecule has 4 rings (SSSR count). The lowest BCUT2D eigenvalue weighted by molar-refractivity contribution is -0.123. The van der Waals surface area contributed by atoms with Gasteiger partial charge in [-0.15, -0.1) is 0 Å². The van der Waals surface area contributed by atoms with Crippen molar-refractivity contribution in [1.82, 2.24) is 15.1 Å². The van der Waals surface area contributed by atoms with Crippen molar-refractivity contribution < 1.29 is 14.0 Å². The molecule has 0 aliphatic heterocycles. The lowest BCUT2D eigenvalue weighted by atomic mass is 9.84. The number of benzene rings is 3. The summed E-state index contributed by atoms with van der Waals surface area (Å²) in [6, 6.07) is 24.3. The van der Waals surface area contributed by atoms with Crippen molar-refractivity contribution >= 4 is 18.0 Å². The van der Waals surface area contributed by atoms with Crippen molar-refractivity contribution in [1.29, 1.82) is 0 Å². The summed E-state index contributed by atoms with van der Waals surface area (Å²) < 4.78 is 15.8. The van der Waals surface area contributed by atoms with Gasteiger partial charge in [-0.25, -0.2) is 9.07 Å². The number of hydrogen-bond acceptors (Lipinski definition) is 4. The first-order chi connectivity index (χ1) is 17.9. The summed E-state index contributed by atoms with van der Waals surface area (Å²) in [4.78, 5) is 27.6. The maximum Gasteiger partial charge on any atom is 0.225 e. The van der Waals surface area contributed by atoms with E-state index in [-0.39, 0.29) is 18.1 Å². The highest BCUT2D eigenvalue weighted by Crippen LogP contribution is 2.38. The minimum atomic E-state index is -0.891. The highest BCUT2D eigenvalue weighted by Gasteiger charge is 2.34. The monoisotopic (exact) mass is 498 g/mol. The van der Waals surface area contributed by atoms with Crippen LogP contribution in [0.25, 0.3) is 5.69 Å². The maximum absolute atomic E-state index is 13.9. The molecule has 2 atom stereocenters. The van der Waals surface area contributed by atoms with Gasteiger partial charge in [-0.3, -0.25) is 4.79 Å². The number of carbonyl (C=O) groups is 2. The molecule has 37 heavy (non-hydrogen) atoms. The van der Waals surface area contributed by atoms with Crippen LogP contribution in [0.15, 0.2) is 84.9 Å².